The third-order valence-corrected chi connectivity index (χ3v) is 17.5. The van der Waals surface area contributed by atoms with Crippen molar-refractivity contribution in [3.8, 4) is 0 Å². The fourth-order valence-corrected chi connectivity index (χ4v) is 12.0. The molecule has 6 aliphatic rings. The van der Waals surface area contributed by atoms with Gasteiger partial charge in [0.25, 0.3) is 0 Å². The third kappa shape index (κ3) is 15.6. The van der Waals surface area contributed by atoms with E-state index in [4.69, 9.17) is 81.8 Å². The van der Waals surface area contributed by atoms with Crippen molar-refractivity contribution in [2.75, 3.05) is 39.6 Å². The van der Waals surface area contributed by atoms with Crippen LogP contribution >= 0.6 is 0 Å². The number of Topliss-reactive ketones (excluding diaryl/α,β-unsaturated/α-hetero) is 2. The molecule has 6 fully saturated rings. The highest BCUT2D eigenvalue weighted by Gasteiger charge is 2.63. The summed E-state index contributed by atoms with van der Waals surface area (Å²) in [5, 5.41) is 175. The first kappa shape index (κ1) is 73.1. The summed E-state index contributed by atoms with van der Waals surface area (Å²) in [6, 6.07) is -9.77. The Morgan fingerprint density at radius 2 is 0.733 bits per heavy atom. The highest BCUT2D eigenvalue weighted by molar-refractivity contribution is 5.97. The maximum atomic E-state index is 15.3. The number of nitrogens with two attached hydrogens (primary N) is 6. The Bertz CT molecular complexity index is 2070. The minimum absolute atomic E-state index is 0.198. The summed E-state index contributed by atoms with van der Waals surface area (Å²) < 4.78 is 57.8. The van der Waals surface area contributed by atoms with E-state index >= 15 is 4.79 Å². The first-order valence-corrected chi connectivity index (χ1v) is 29.5. The molecule has 34 nitrogen and oxygen atoms in total. The second-order valence-corrected chi connectivity index (χ2v) is 23.4. The summed E-state index contributed by atoms with van der Waals surface area (Å²) in [5.74, 6) is -4.23. The molecule has 6 rings (SSSR count). The van der Waals surface area contributed by atoms with E-state index in [1.807, 2.05) is 0 Å². The van der Waals surface area contributed by atoms with E-state index in [1.54, 1.807) is 0 Å². The lowest BCUT2D eigenvalue weighted by Gasteiger charge is -2.51. The molecule has 502 valence electrons. The summed E-state index contributed by atoms with van der Waals surface area (Å²) >= 11 is 0. The highest BCUT2D eigenvalue weighted by atomic mass is 16.8. The van der Waals surface area contributed by atoms with E-state index in [1.165, 1.54) is 0 Å². The number of hydrogen-bond acceptors (Lipinski definition) is 34. The first-order chi connectivity index (χ1) is 40.8. The number of ether oxygens (including phenoxy) is 10. The Morgan fingerprint density at radius 3 is 1.10 bits per heavy atom. The number of aliphatic hydroxyl groups excluding tert-OH is 16. The average molecular weight is 1250 g/mol. The predicted molar refractivity (Wildman–Crippen MR) is 287 cm³/mol. The van der Waals surface area contributed by atoms with Crippen molar-refractivity contribution < 1.29 is 139 Å². The quantitative estimate of drug-likeness (QED) is 0.0297. The number of unbranched alkanes of at least 4 members (excludes halogenated alkanes) is 9. The van der Waals surface area contributed by atoms with Gasteiger partial charge in [-0.1, -0.05) is 71.1 Å². The summed E-state index contributed by atoms with van der Waals surface area (Å²) in [6.45, 7) is -4.31. The molecule has 31 atom stereocenters. The van der Waals surface area contributed by atoms with Crippen LogP contribution in [-0.2, 0) is 57.0 Å². The van der Waals surface area contributed by atoms with Crippen molar-refractivity contribution in [3.63, 3.8) is 0 Å². The van der Waals surface area contributed by atoms with E-state index in [2.05, 4.69) is 6.92 Å². The van der Waals surface area contributed by atoms with Gasteiger partial charge in [-0.05, 0) is 6.42 Å². The van der Waals surface area contributed by atoms with E-state index in [9.17, 15) is 86.5 Å². The second-order valence-electron chi connectivity index (χ2n) is 23.4. The smallest absolute Gasteiger partial charge is 0.181 e. The van der Waals surface area contributed by atoms with Gasteiger partial charge in [-0.25, -0.2) is 0 Å². The molecular formula is C52H96N6O28. The fourth-order valence-electron chi connectivity index (χ4n) is 12.0. The van der Waals surface area contributed by atoms with Gasteiger partial charge >= 0.3 is 0 Å². The van der Waals surface area contributed by atoms with Crippen LogP contribution in [0.3, 0.4) is 0 Å². The van der Waals surface area contributed by atoms with Crippen molar-refractivity contribution >= 4 is 11.6 Å². The summed E-state index contributed by atoms with van der Waals surface area (Å²) in [4.78, 5) is 30.3. The van der Waals surface area contributed by atoms with Gasteiger partial charge in [0, 0.05) is 12.3 Å². The lowest BCUT2D eigenvalue weighted by atomic mass is 9.73. The third-order valence-electron chi connectivity index (χ3n) is 17.5. The van der Waals surface area contributed by atoms with Gasteiger partial charge in [-0.3, -0.25) is 9.59 Å². The molecule has 86 heavy (non-hydrogen) atoms. The van der Waals surface area contributed by atoms with Crippen molar-refractivity contribution in [3.05, 3.63) is 0 Å². The van der Waals surface area contributed by atoms with Crippen LogP contribution in [0.15, 0.2) is 0 Å². The molecule has 0 aromatic carbocycles. The van der Waals surface area contributed by atoms with Crippen LogP contribution in [0.4, 0.5) is 0 Å². The van der Waals surface area contributed by atoms with Crippen molar-refractivity contribution in [1.29, 1.82) is 0 Å². The van der Waals surface area contributed by atoms with Gasteiger partial charge in [0.05, 0.1) is 75.9 Å². The van der Waals surface area contributed by atoms with Crippen LogP contribution in [-0.4, -0.2) is 316 Å². The molecule has 6 aliphatic heterocycles. The van der Waals surface area contributed by atoms with Crippen LogP contribution < -0.4 is 34.4 Å². The van der Waals surface area contributed by atoms with Crippen LogP contribution in [0.1, 0.15) is 84.0 Å². The lowest BCUT2D eigenvalue weighted by Crippen LogP contribution is -2.74. The molecule has 28 N–H and O–H groups in total. The Balaban J connectivity index is 1.24. The number of rotatable bonds is 30. The SMILES string of the molecule is CCCCCCCCCCCCC(CC(=O)[C@]1(CO)O[C@H](OC2[C@@H](CO)O[C@@H](OC3[C@@H](CO)O[C@@H](O)[C@H](N)[C@H]3O)[C@H](N)[C@H]2O)[C@H](N)[C@@H](O)[C@@H]1O)C(=O)[C@]1(CO)O[C@H](OC2[C@@H](CO)O[C@@H](OC3[C@@H](CO)O[C@@H](O)[C@H](N)[C@H]3O)[C@H](N)[C@H]2O)[C@H](N)[C@@H](O)[C@@H]1O. The number of hydrogen-bond donors (Lipinski definition) is 22. The Hall–Kier alpha value is -1.94. The molecule has 0 bridgehead atoms. The van der Waals surface area contributed by atoms with E-state index in [0.717, 1.165) is 44.9 Å². The van der Waals surface area contributed by atoms with E-state index in [0.29, 0.717) is 12.8 Å². The Kier molecular flexibility index (Phi) is 27.7. The van der Waals surface area contributed by atoms with Crippen molar-refractivity contribution in [2.24, 2.45) is 40.3 Å². The number of carbonyl (C=O) groups is 2. The molecular weight excluding hydrogens is 1160 g/mol. The zero-order valence-electron chi connectivity index (χ0n) is 48.0. The molecule has 6 saturated heterocycles. The number of carbonyl (C=O) groups excluding carboxylic acids is 2. The molecule has 0 saturated carbocycles. The monoisotopic (exact) mass is 1250 g/mol. The standard InChI is InChI=1S/C52H96N6O28/c1-2-3-4-5-6-7-8-9-10-11-12-20(42(72)52(19-64)44(74)37(71)31(58)50(86-52)84-41-24(17-62)80-48(29(56)35(41)69)82-39-22(15-60)78-46(76)27(54)33(39)67)13-25(65)51(18-63)43(73)36(70)30(57)49(85-51)83-40-23(16-61)79-47(28(55)34(40)68)81-38-21(14-59)77-45(75)26(53)32(38)66/h20-24,26-41,43-50,59-64,66-71,73-76H,2-19,53-58H2,1H3/t20?,21-,22-,23-,24-,26-,27-,28-,29-,30-,31-,32-,33-,34-,35-,36-,37-,38?,39?,40?,41?,43+,44+,45-,46-,47+,48+,49+,50+,51+,52+/m1/s1. The summed E-state index contributed by atoms with van der Waals surface area (Å²) in [5.41, 5.74) is 31.1. The van der Waals surface area contributed by atoms with E-state index in [-0.39, 0.29) is 12.8 Å². The summed E-state index contributed by atoms with van der Waals surface area (Å²) in [7, 11) is 0. The molecule has 5 unspecified atom stereocenters. The minimum Gasteiger partial charge on any atom is -0.394 e. The molecule has 6 heterocycles. The maximum absolute atomic E-state index is 15.3. The van der Waals surface area contributed by atoms with Crippen LogP contribution in [0.25, 0.3) is 0 Å². The number of ketones is 2. The maximum Gasteiger partial charge on any atom is 0.181 e. The molecule has 34 heteroatoms. The molecule has 0 aliphatic carbocycles. The van der Waals surface area contributed by atoms with Crippen molar-refractivity contribution in [2.45, 2.75) is 267 Å². The van der Waals surface area contributed by atoms with Gasteiger partial charge < -0.3 is 163 Å². The fraction of sp³-hybridized carbons (Fsp3) is 0.962. The Labute approximate surface area is 496 Å². The molecule has 0 spiro atoms. The van der Waals surface area contributed by atoms with Gasteiger partial charge in [-0.2, -0.15) is 0 Å². The Morgan fingerprint density at radius 1 is 0.419 bits per heavy atom. The van der Waals surface area contributed by atoms with Crippen molar-refractivity contribution in [1.82, 2.24) is 0 Å². The first-order valence-electron chi connectivity index (χ1n) is 29.5. The minimum atomic E-state index is -2.94. The zero-order chi connectivity index (χ0) is 63.7. The summed E-state index contributed by atoms with van der Waals surface area (Å²) in [6.07, 6.45) is -32.9. The number of aliphatic hydroxyl groups is 16. The highest BCUT2D eigenvalue weighted by Crippen LogP contribution is 2.41. The molecule has 0 aromatic rings. The molecule has 0 amide bonds. The largest absolute Gasteiger partial charge is 0.394 e. The lowest BCUT2D eigenvalue weighted by molar-refractivity contribution is -0.356. The second kappa shape index (κ2) is 32.6. The zero-order valence-corrected chi connectivity index (χ0v) is 48.0. The van der Waals surface area contributed by atoms with Crippen LogP contribution in [0.2, 0.25) is 0 Å². The van der Waals surface area contributed by atoms with Gasteiger partial charge in [-0.15, -0.1) is 0 Å². The topological polar surface area (TPSA) is 606 Å². The van der Waals surface area contributed by atoms with Crippen LogP contribution in [0, 0.1) is 5.92 Å². The van der Waals surface area contributed by atoms with Crippen LogP contribution in [0.5, 0.6) is 0 Å². The van der Waals surface area contributed by atoms with Gasteiger partial charge in [0.15, 0.2) is 60.5 Å². The molecule has 0 aromatic heterocycles. The van der Waals surface area contributed by atoms with Gasteiger partial charge in [0.1, 0.15) is 97.7 Å². The van der Waals surface area contributed by atoms with Gasteiger partial charge in [0.2, 0.25) is 0 Å². The predicted octanol–water partition coefficient (Wildman–Crippen LogP) is -11.1. The average Bonchev–Trinajstić information content (AvgIpc) is 1.09. The van der Waals surface area contributed by atoms with E-state index < -0.39 is 246 Å². The molecule has 0 radical (unpaired) electrons. The normalized spacial score (nSPS) is 46.3.